The second-order valence-corrected chi connectivity index (χ2v) is 11.2. The SMILES string of the molecule is COc1ccc(N=Nc2ccc(OCCCCCCCCCCOc3ccc(C(=O)NNC(=O)c4ccc([N+](=O)[O-])cc4)cc3)cc2)cc1. The van der Waals surface area contributed by atoms with Crippen LogP contribution in [0.15, 0.2) is 107 Å². The predicted molar refractivity (Wildman–Crippen MR) is 186 cm³/mol. The van der Waals surface area contributed by atoms with E-state index in [0.29, 0.717) is 24.5 Å². The second-order valence-electron chi connectivity index (χ2n) is 11.2. The zero-order chi connectivity index (χ0) is 34.7. The van der Waals surface area contributed by atoms with Gasteiger partial charge in [0, 0.05) is 23.3 Å². The number of azo groups is 1. The zero-order valence-electron chi connectivity index (χ0n) is 27.5. The molecule has 0 unspecified atom stereocenters. The molecule has 0 fully saturated rings. The molecule has 2 amide bonds. The van der Waals surface area contributed by atoms with E-state index in [9.17, 15) is 19.7 Å². The summed E-state index contributed by atoms with van der Waals surface area (Å²) in [5, 5.41) is 19.3. The van der Waals surface area contributed by atoms with Crippen molar-refractivity contribution < 1.29 is 28.7 Å². The lowest BCUT2D eigenvalue weighted by Crippen LogP contribution is -2.41. The van der Waals surface area contributed by atoms with E-state index in [1.54, 1.807) is 31.4 Å². The number of nitrogens with zero attached hydrogens (tertiary/aromatic N) is 3. The number of ether oxygens (including phenoxy) is 3. The number of methoxy groups -OCH3 is 1. The van der Waals surface area contributed by atoms with E-state index in [-0.39, 0.29) is 11.3 Å². The van der Waals surface area contributed by atoms with Crippen molar-refractivity contribution in [2.24, 2.45) is 10.2 Å². The normalized spacial score (nSPS) is 10.8. The number of nitro groups is 1. The summed E-state index contributed by atoms with van der Waals surface area (Å²) < 4.78 is 16.8. The molecule has 0 bridgehead atoms. The van der Waals surface area contributed by atoms with E-state index < -0.39 is 16.7 Å². The molecule has 0 aliphatic heterocycles. The maximum Gasteiger partial charge on any atom is 0.269 e. The molecule has 0 aliphatic carbocycles. The van der Waals surface area contributed by atoms with Gasteiger partial charge in [-0.1, -0.05) is 38.5 Å². The van der Waals surface area contributed by atoms with E-state index in [2.05, 4.69) is 21.1 Å². The summed E-state index contributed by atoms with van der Waals surface area (Å²) in [5.41, 5.74) is 6.57. The van der Waals surface area contributed by atoms with Gasteiger partial charge in [0.05, 0.1) is 36.6 Å². The molecule has 4 aromatic carbocycles. The summed E-state index contributed by atoms with van der Waals surface area (Å²) in [7, 11) is 1.63. The summed E-state index contributed by atoms with van der Waals surface area (Å²) in [6, 6.07) is 26.7. The first-order valence-corrected chi connectivity index (χ1v) is 16.3. The van der Waals surface area contributed by atoms with Gasteiger partial charge in [-0.2, -0.15) is 10.2 Å². The highest BCUT2D eigenvalue weighted by Crippen LogP contribution is 2.23. The molecule has 0 radical (unpaired) electrons. The molecule has 0 aliphatic rings. The molecule has 0 spiro atoms. The van der Waals surface area contributed by atoms with Crippen molar-refractivity contribution in [2.75, 3.05) is 20.3 Å². The van der Waals surface area contributed by atoms with Crippen LogP contribution in [0, 0.1) is 10.1 Å². The van der Waals surface area contributed by atoms with Crippen LogP contribution in [0.3, 0.4) is 0 Å². The van der Waals surface area contributed by atoms with Gasteiger partial charge in [0.1, 0.15) is 17.2 Å². The van der Waals surface area contributed by atoms with Crippen molar-refractivity contribution in [1.29, 1.82) is 0 Å². The molecule has 0 atom stereocenters. The molecular weight excluding hydrogens is 626 g/mol. The molecule has 4 aromatic rings. The number of carbonyl (C=O) groups excluding carboxylic acids is 2. The van der Waals surface area contributed by atoms with Crippen LogP contribution in [0.25, 0.3) is 0 Å². The molecule has 2 N–H and O–H groups in total. The predicted octanol–water partition coefficient (Wildman–Crippen LogP) is 8.67. The number of benzene rings is 4. The fraction of sp³-hybridized carbons (Fsp3) is 0.297. The topological polar surface area (TPSA) is 154 Å². The highest BCUT2D eigenvalue weighted by molar-refractivity contribution is 5.99. The minimum Gasteiger partial charge on any atom is -0.497 e. The fourth-order valence-corrected chi connectivity index (χ4v) is 4.71. The average Bonchev–Trinajstić information content (AvgIpc) is 3.14. The third-order valence-corrected chi connectivity index (χ3v) is 7.51. The van der Waals surface area contributed by atoms with Crippen LogP contribution in [0.5, 0.6) is 17.2 Å². The number of rotatable bonds is 19. The van der Waals surface area contributed by atoms with Crippen molar-refractivity contribution in [3.8, 4) is 17.2 Å². The molecular formula is C37H41N5O7. The van der Waals surface area contributed by atoms with Gasteiger partial charge in [0.15, 0.2) is 0 Å². The smallest absolute Gasteiger partial charge is 0.269 e. The van der Waals surface area contributed by atoms with Crippen LogP contribution in [0.2, 0.25) is 0 Å². The highest BCUT2D eigenvalue weighted by Gasteiger charge is 2.11. The largest absolute Gasteiger partial charge is 0.497 e. The second kappa shape index (κ2) is 19.8. The van der Waals surface area contributed by atoms with Crippen LogP contribution in [0.1, 0.15) is 72.1 Å². The van der Waals surface area contributed by atoms with E-state index in [0.717, 1.165) is 55.0 Å². The lowest BCUT2D eigenvalue weighted by molar-refractivity contribution is -0.384. The van der Waals surface area contributed by atoms with Crippen molar-refractivity contribution in [1.82, 2.24) is 10.9 Å². The molecule has 4 rings (SSSR count). The van der Waals surface area contributed by atoms with Gasteiger partial charge >= 0.3 is 0 Å². The number of hydrazine groups is 1. The fourth-order valence-electron chi connectivity index (χ4n) is 4.71. The van der Waals surface area contributed by atoms with Gasteiger partial charge in [-0.3, -0.25) is 30.6 Å². The van der Waals surface area contributed by atoms with Gasteiger partial charge in [-0.25, -0.2) is 0 Å². The monoisotopic (exact) mass is 667 g/mol. The first-order chi connectivity index (χ1) is 23.9. The average molecular weight is 668 g/mol. The number of hydrogen-bond donors (Lipinski definition) is 2. The lowest BCUT2D eigenvalue weighted by Gasteiger charge is -2.09. The van der Waals surface area contributed by atoms with E-state index in [1.807, 2.05) is 48.5 Å². The minimum atomic E-state index is -0.585. The summed E-state index contributed by atoms with van der Waals surface area (Å²) in [4.78, 5) is 34.7. The number of unbranched alkanes of at least 4 members (excludes halogenated alkanes) is 7. The first kappa shape index (κ1) is 36.1. The van der Waals surface area contributed by atoms with Crippen LogP contribution >= 0.6 is 0 Å². The third kappa shape index (κ3) is 12.7. The van der Waals surface area contributed by atoms with Crippen LogP contribution in [-0.2, 0) is 0 Å². The Labute approximate surface area is 285 Å². The zero-order valence-corrected chi connectivity index (χ0v) is 27.5. The third-order valence-electron chi connectivity index (χ3n) is 7.51. The Hall–Kier alpha value is -5.78. The lowest BCUT2D eigenvalue weighted by atomic mass is 10.1. The van der Waals surface area contributed by atoms with E-state index >= 15 is 0 Å². The van der Waals surface area contributed by atoms with Gasteiger partial charge in [0.25, 0.3) is 17.5 Å². The number of amides is 2. The van der Waals surface area contributed by atoms with Crippen LogP contribution in [0.4, 0.5) is 17.1 Å². The Kier molecular flexibility index (Phi) is 14.6. The quantitative estimate of drug-likeness (QED) is 0.0439. The first-order valence-electron chi connectivity index (χ1n) is 16.3. The summed E-state index contributed by atoms with van der Waals surface area (Å²) >= 11 is 0. The summed E-state index contributed by atoms with van der Waals surface area (Å²) in [6.45, 7) is 1.29. The molecule has 0 heterocycles. The van der Waals surface area contributed by atoms with Gasteiger partial charge in [-0.15, -0.1) is 0 Å². The maximum absolute atomic E-state index is 12.4. The number of non-ortho nitro benzene ring substituents is 1. The number of nitro benzene ring substituents is 1. The summed E-state index contributed by atoms with van der Waals surface area (Å²) in [5.74, 6) is 1.20. The highest BCUT2D eigenvalue weighted by atomic mass is 16.6. The van der Waals surface area contributed by atoms with Crippen molar-refractivity contribution in [3.05, 3.63) is 118 Å². The number of hydrogen-bond acceptors (Lipinski definition) is 9. The maximum atomic E-state index is 12.4. The van der Waals surface area contributed by atoms with Crippen LogP contribution < -0.4 is 25.1 Å². The molecule has 12 nitrogen and oxygen atoms in total. The Balaban J connectivity index is 0.978. The number of carbonyl (C=O) groups is 2. The standard InChI is InChI=1S/C37H41N5O7/c1-47-33-22-14-30(15-23-33)38-39-31-16-24-35(25-17-31)49-27-9-7-5-3-2-4-6-8-26-48-34-20-12-29(13-21-34)37(44)41-40-36(43)28-10-18-32(19-11-28)42(45)46/h10-25H,2-9,26-27H2,1H3,(H,40,43)(H,41,44). The Morgan fingerprint density at radius 3 is 1.35 bits per heavy atom. The molecule has 256 valence electrons. The Bertz CT molecular complexity index is 1640. The molecule has 49 heavy (non-hydrogen) atoms. The number of nitrogens with one attached hydrogen (secondary N) is 2. The Morgan fingerprint density at radius 2 is 0.939 bits per heavy atom. The summed E-state index contributed by atoms with van der Waals surface area (Å²) in [6.07, 6.45) is 8.93. The van der Waals surface area contributed by atoms with Gasteiger partial charge in [-0.05, 0) is 97.8 Å². The van der Waals surface area contributed by atoms with Gasteiger partial charge < -0.3 is 14.2 Å². The van der Waals surface area contributed by atoms with Crippen LogP contribution in [-0.4, -0.2) is 37.1 Å². The van der Waals surface area contributed by atoms with E-state index in [4.69, 9.17) is 14.2 Å². The van der Waals surface area contributed by atoms with Crippen molar-refractivity contribution in [3.63, 3.8) is 0 Å². The Morgan fingerprint density at radius 1 is 0.571 bits per heavy atom. The molecule has 0 saturated carbocycles. The van der Waals surface area contributed by atoms with Gasteiger partial charge in [0.2, 0.25) is 0 Å². The van der Waals surface area contributed by atoms with Crippen molar-refractivity contribution >= 4 is 28.9 Å². The van der Waals surface area contributed by atoms with Crippen molar-refractivity contribution in [2.45, 2.75) is 51.4 Å². The molecule has 0 saturated heterocycles. The van der Waals surface area contributed by atoms with E-state index in [1.165, 1.54) is 43.5 Å². The molecule has 12 heteroatoms. The minimum absolute atomic E-state index is 0.126. The molecule has 0 aromatic heterocycles.